The number of fused-ring (bicyclic) bond motifs is 1. The third-order valence-electron chi connectivity index (χ3n) is 4.58. The molecule has 1 aromatic carbocycles. The molecule has 2 aromatic rings. The first-order chi connectivity index (χ1) is 9.19. The topological polar surface area (TPSA) is 33.1 Å². The molecule has 2 heteroatoms. The minimum atomic E-state index is -0.398. The fraction of sp³-hybridized carbons (Fsp3) is 0.471. The van der Waals surface area contributed by atoms with E-state index in [2.05, 4.69) is 24.0 Å². The fourth-order valence-electron chi connectivity index (χ4n) is 3.27. The van der Waals surface area contributed by atoms with Crippen molar-refractivity contribution in [2.45, 2.75) is 45.1 Å². The molecule has 1 N–H and O–H groups in total. The zero-order valence-corrected chi connectivity index (χ0v) is 11.5. The van der Waals surface area contributed by atoms with Crippen LogP contribution in [0.25, 0.3) is 10.9 Å². The van der Waals surface area contributed by atoms with Crippen molar-refractivity contribution < 1.29 is 5.11 Å². The normalized spacial score (nSPS) is 20.3. The van der Waals surface area contributed by atoms with E-state index in [9.17, 15) is 5.11 Å². The van der Waals surface area contributed by atoms with E-state index in [0.717, 1.165) is 29.3 Å². The second-order valence-electron chi connectivity index (χ2n) is 6.08. The zero-order chi connectivity index (χ0) is 13.3. The number of para-hydroxylation sites is 1. The maximum atomic E-state index is 10.7. The number of aliphatic hydroxyl groups excluding tert-OH is 1. The SMILES string of the molecule is CC1(C(O)c2cnc3ccccc3c2)CCCCC1. The molecule has 1 atom stereocenters. The van der Waals surface area contributed by atoms with Gasteiger partial charge in [0.15, 0.2) is 0 Å². The Morgan fingerprint density at radius 2 is 1.89 bits per heavy atom. The lowest BCUT2D eigenvalue weighted by Gasteiger charge is -2.38. The smallest absolute Gasteiger partial charge is 0.0858 e. The van der Waals surface area contributed by atoms with Gasteiger partial charge >= 0.3 is 0 Å². The van der Waals surface area contributed by atoms with Gasteiger partial charge < -0.3 is 5.11 Å². The van der Waals surface area contributed by atoms with Crippen LogP contribution in [0.4, 0.5) is 0 Å². The van der Waals surface area contributed by atoms with E-state index in [0.29, 0.717) is 0 Å². The molecule has 0 bridgehead atoms. The second kappa shape index (κ2) is 4.93. The Kier molecular flexibility index (Phi) is 3.28. The van der Waals surface area contributed by atoms with E-state index < -0.39 is 6.10 Å². The van der Waals surface area contributed by atoms with Gasteiger partial charge in [-0.25, -0.2) is 0 Å². The van der Waals surface area contributed by atoms with Crippen LogP contribution < -0.4 is 0 Å². The molecule has 1 unspecified atom stereocenters. The summed E-state index contributed by atoms with van der Waals surface area (Å²) >= 11 is 0. The summed E-state index contributed by atoms with van der Waals surface area (Å²) in [6.07, 6.45) is 7.43. The third kappa shape index (κ3) is 2.37. The average molecular weight is 255 g/mol. The summed E-state index contributed by atoms with van der Waals surface area (Å²) < 4.78 is 0. The average Bonchev–Trinajstić information content (AvgIpc) is 2.47. The highest BCUT2D eigenvalue weighted by Crippen LogP contribution is 2.45. The predicted molar refractivity (Wildman–Crippen MR) is 77.9 cm³/mol. The molecule has 0 amide bonds. The molecule has 1 fully saturated rings. The van der Waals surface area contributed by atoms with Crippen LogP contribution in [0, 0.1) is 5.41 Å². The lowest BCUT2D eigenvalue weighted by Crippen LogP contribution is -2.28. The Labute approximate surface area is 114 Å². The van der Waals surface area contributed by atoms with Crippen LogP contribution >= 0.6 is 0 Å². The van der Waals surface area contributed by atoms with E-state index in [-0.39, 0.29) is 5.41 Å². The highest BCUT2D eigenvalue weighted by atomic mass is 16.3. The molecule has 100 valence electrons. The van der Waals surface area contributed by atoms with Crippen LogP contribution in [0.2, 0.25) is 0 Å². The van der Waals surface area contributed by atoms with Gasteiger partial charge in [0.2, 0.25) is 0 Å². The van der Waals surface area contributed by atoms with Gasteiger partial charge in [0.1, 0.15) is 0 Å². The minimum Gasteiger partial charge on any atom is -0.388 e. The number of rotatable bonds is 2. The van der Waals surface area contributed by atoms with Crippen molar-refractivity contribution in [1.82, 2.24) is 4.98 Å². The highest BCUT2D eigenvalue weighted by molar-refractivity contribution is 5.78. The minimum absolute atomic E-state index is 0.0163. The number of nitrogens with zero attached hydrogens (tertiary/aromatic N) is 1. The molecular formula is C17H21NO. The quantitative estimate of drug-likeness (QED) is 0.870. The Morgan fingerprint density at radius 1 is 1.16 bits per heavy atom. The van der Waals surface area contributed by atoms with E-state index in [1.807, 2.05) is 24.4 Å². The first-order valence-electron chi connectivity index (χ1n) is 7.22. The Bertz CT molecular complexity index is 572. The largest absolute Gasteiger partial charge is 0.388 e. The zero-order valence-electron chi connectivity index (χ0n) is 11.5. The van der Waals surface area contributed by atoms with E-state index >= 15 is 0 Å². The number of hydrogen-bond donors (Lipinski definition) is 1. The second-order valence-corrected chi connectivity index (χ2v) is 6.08. The molecule has 2 nitrogen and oxygen atoms in total. The third-order valence-corrected chi connectivity index (χ3v) is 4.58. The molecule has 0 saturated heterocycles. The van der Waals surface area contributed by atoms with E-state index in [1.54, 1.807) is 0 Å². The number of pyridine rings is 1. The van der Waals surface area contributed by atoms with Crippen molar-refractivity contribution in [1.29, 1.82) is 0 Å². The van der Waals surface area contributed by atoms with Crippen LogP contribution in [0.3, 0.4) is 0 Å². The number of benzene rings is 1. The number of aromatic nitrogens is 1. The standard InChI is InChI=1S/C17H21NO/c1-17(9-5-2-6-10-17)16(19)14-11-13-7-3-4-8-15(13)18-12-14/h3-4,7-8,11-12,16,19H,2,5-6,9-10H2,1H3. The van der Waals surface area contributed by atoms with E-state index in [4.69, 9.17) is 0 Å². The van der Waals surface area contributed by atoms with Crippen molar-refractivity contribution in [3.63, 3.8) is 0 Å². The first kappa shape index (κ1) is 12.6. The van der Waals surface area contributed by atoms with Gasteiger partial charge in [-0.05, 0) is 36.0 Å². The Hall–Kier alpha value is -1.41. The monoisotopic (exact) mass is 255 g/mol. The molecule has 0 radical (unpaired) electrons. The number of hydrogen-bond acceptors (Lipinski definition) is 2. The molecule has 1 aliphatic carbocycles. The molecule has 1 aliphatic rings. The lowest BCUT2D eigenvalue weighted by atomic mass is 9.70. The highest BCUT2D eigenvalue weighted by Gasteiger charge is 2.35. The van der Waals surface area contributed by atoms with Crippen LogP contribution in [0.5, 0.6) is 0 Å². The summed E-state index contributed by atoms with van der Waals surface area (Å²) in [5.41, 5.74) is 1.97. The van der Waals surface area contributed by atoms with Gasteiger partial charge in [0.05, 0.1) is 11.6 Å². The molecule has 1 aromatic heterocycles. The molecular weight excluding hydrogens is 234 g/mol. The summed E-state index contributed by atoms with van der Waals surface area (Å²) in [7, 11) is 0. The molecule has 0 aliphatic heterocycles. The van der Waals surface area contributed by atoms with Gasteiger partial charge in [-0.3, -0.25) is 4.98 Å². The number of aliphatic hydroxyl groups is 1. The van der Waals surface area contributed by atoms with Gasteiger partial charge in [-0.2, -0.15) is 0 Å². The van der Waals surface area contributed by atoms with Crippen molar-refractivity contribution in [2.75, 3.05) is 0 Å². The van der Waals surface area contributed by atoms with Crippen LogP contribution in [-0.4, -0.2) is 10.1 Å². The lowest BCUT2D eigenvalue weighted by molar-refractivity contribution is 0.00807. The summed E-state index contributed by atoms with van der Waals surface area (Å²) in [5, 5.41) is 11.8. The van der Waals surface area contributed by atoms with Crippen molar-refractivity contribution in [2.24, 2.45) is 5.41 Å². The molecule has 19 heavy (non-hydrogen) atoms. The summed E-state index contributed by atoms with van der Waals surface area (Å²) in [6, 6.07) is 10.2. The van der Waals surface area contributed by atoms with Gasteiger partial charge in [-0.15, -0.1) is 0 Å². The summed E-state index contributed by atoms with van der Waals surface area (Å²) in [4.78, 5) is 4.47. The summed E-state index contributed by atoms with van der Waals surface area (Å²) in [6.45, 7) is 2.21. The summed E-state index contributed by atoms with van der Waals surface area (Å²) in [5.74, 6) is 0. The molecule has 3 rings (SSSR count). The maximum Gasteiger partial charge on any atom is 0.0858 e. The van der Waals surface area contributed by atoms with Crippen LogP contribution in [-0.2, 0) is 0 Å². The molecule has 1 saturated carbocycles. The van der Waals surface area contributed by atoms with Crippen molar-refractivity contribution in [3.05, 3.63) is 42.1 Å². The van der Waals surface area contributed by atoms with Gasteiger partial charge in [-0.1, -0.05) is 44.4 Å². The van der Waals surface area contributed by atoms with E-state index in [1.165, 1.54) is 19.3 Å². The van der Waals surface area contributed by atoms with Crippen molar-refractivity contribution >= 4 is 10.9 Å². The van der Waals surface area contributed by atoms with Crippen LogP contribution in [0.1, 0.15) is 50.7 Å². The molecule has 0 spiro atoms. The maximum absolute atomic E-state index is 10.7. The van der Waals surface area contributed by atoms with Gasteiger partial charge in [0, 0.05) is 11.6 Å². The van der Waals surface area contributed by atoms with Crippen LogP contribution in [0.15, 0.2) is 36.5 Å². The predicted octanol–water partition coefficient (Wildman–Crippen LogP) is 4.24. The Balaban J connectivity index is 1.94. The fourth-order valence-corrected chi connectivity index (χ4v) is 3.27. The van der Waals surface area contributed by atoms with Gasteiger partial charge in [0.25, 0.3) is 0 Å². The Morgan fingerprint density at radius 3 is 2.68 bits per heavy atom. The molecule has 1 heterocycles. The first-order valence-corrected chi connectivity index (χ1v) is 7.22. The van der Waals surface area contributed by atoms with Crippen molar-refractivity contribution in [3.8, 4) is 0 Å².